The number of anilines is 1. The van der Waals surface area contributed by atoms with E-state index in [2.05, 4.69) is 26.0 Å². The Hall–Kier alpha value is -2.25. The van der Waals surface area contributed by atoms with Crippen LogP contribution < -0.4 is 5.32 Å². The smallest absolute Gasteiger partial charge is 0.163 e. The third kappa shape index (κ3) is 2.53. The van der Waals surface area contributed by atoms with Crippen molar-refractivity contribution in [2.24, 2.45) is 0 Å². The molecule has 0 unspecified atom stereocenters. The van der Waals surface area contributed by atoms with Crippen LogP contribution in [-0.4, -0.2) is 14.6 Å². The second-order valence-electron chi connectivity index (χ2n) is 4.39. The zero-order valence-corrected chi connectivity index (χ0v) is 12.4. The van der Waals surface area contributed by atoms with Crippen LogP contribution in [0.5, 0.6) is 0 Å². The van der Waals surface area contributed by atoms with Crippen molar-refractivity contribution in [3.63, 3.8) is 0 Å². The molecule has 0 fully saturated rings. The number of furan rings is 1. The van der Waals surface area contributed by atoms with E-state index in [1.54, 1.807) is 17.5 Å². The van der Waals surface area contributed by atoms with Crippen LogP contribution in [0, 0.1) is 0 Å². The lowest BCUT2D eigenvalue weighted by molar-refractivity contribution is 0.531. The molecule has 7 heteroatoms. The number of hydrogen-bond donors (Lipinski definition) is 1. The van der Waals surface area contributed by atoms with E-state index in [1.807, 2.05) is 30.3 Å². The average molecular weight is 314 g/mol. The highest BCUT2D eigenvalue weighted by molar-refractivity contribution is 7.21. The normalized spacial score (nSPS) is 11.0. The number of aromatic nitrogens is 3. The molecular weight excluding hydrogens is 304 g/mol. The van der Waals surface area contributed by atoms with Gasteiger partial charge in [0, 0.05) is 11.5 Å². The fraction of sp³-hybridized carbons (Fsp3) is 0.0714. The molecular formula is C14H10N4OS2. The Morgan fingerprint density at radius 1 is 1.14 bits per heavy atom. The number of rotatable bonds is 4. The minimum atomic E-state index is 0.606. The summed E-state index contributed by atoms with van der Waals surface area (Å²) >= 11 is 2.96. The first-order chi connectivity index (χ1) is 10.4. The molecule has 3 heterocycles. The molecule has 0 aliphatic rings. The highest BCUT2D eigenvalue weighted by atomic mass is 32.1. The van der Waals surface area contributed by atoms with Gasteiger partial charge >= 0.3 is 0 Å². The van der Waals surface area contributed by atoms with Gasteiger partial charge in [-0.05, 0) is 24.3 Å². The molecule has 0 radical (unpaired) electrons. The SMILES string of the molecule is c1ccc2sc(-c3ccc(CNc4cnns4)o3)nc2c1. The summed E-state index contributed by atoms with van der Waals surface area (Å²) in [6, 6.07) is 12.0. The summed E-state index contributed by atoms with van der Waals surface area (Å²) in [7, 11) is 0. The van der Waals surface area contributed by atoms with Gasteiger partial charge in [-0.2, -0.15) is 0 Å². The molecule has 104 valence electrons. The molecule has 0 amide bonds. The third-order valence-corrected chi connectivity index (χ3v) is 4.64. The second kappa shape index (κ2) is 5.27. The number of thiazole rings is 1. The van der Waals surface area contributed by atoms with Gasteiger partial charge in [0.25, 0.3) is 0 Å². The Labute approximate surface area is 128 Å². The number of fused-ring (bicyclic) bond motifs is 1. The van der Waals surface area contributed by atoms with Crippen LogP contribution in [0.25, 0.3) is 21.0 Å². The van der Waals surface area contributed by atoms with Crippen LogP contribution in [0.1, 0.15) is 5.76 Å². The lowest BCUT2D eigenvalue weighted by Crippen LogP contribution is -1.95. The van der Waals surface area contributed by atoms with Gasteiger partial charge in [0.15, 0.2) is 10.8 Å². The van der Waals surface area contributed by atoms with Crippen LogP contribution >= 0.6 is 22.9 Å². The highest BCUT2D eigenvalue weighted by Crippen LogP contribution is 2.31. The Kier molecular flexibility index (Phi) is 3.13. The zero-order valence-electron chi connectivity index (χ0n) is 10.8. The van der Waals surface area contributed by atoms with Crippen molar-refractivity contribution >= 4 is 38.1 Å². The molecule has 3 aromatic heterocycles. The predicted octanol–water partition coefficient (Wildman–Crippen LogP) is 4.02. The number of benzene rings is 1. The first-order valence-corrected chi connectivity index (χ1v) is 7.93. The average Bonchev–Trinajstić information content (AvgIpc) is 3.24. The fourth-order valence-corrected chi connectivity index (χ4v) is 3.33. The van der Waals surface area contributed by atoms with Crippen LogP contribution in [-0.2, 0) is 6.54 Å². The van der Waals surface area contributed by atoms with E-state index in [-0.39, 0.29) is 0 Å². The number of nitrogens with one attached hydrogen (secondary N) is 1. The Morgan fingerprint density at radius 2 is 2.10 bits per heavy atom. The Morgan fingerprint density at radius 3 is 2.95 bits per heavy atom. The van der Waals surface area contributed by atoms with E-state index in [9.17, 15) is 0 Å². The lowest BCUT2D eigenvalue weighted by Gasteiger charge is -1.98. The molecule has 0 spiro atoms. The van der Waals surface area contributed by atoms with E-state index in [0.717, 1.165) is 27.0 Å². The third-order valence-electron chi connectivity index (χ3n) is 2.96. The maximum absolute atomic E-state index is 5.85. The molecule has 0 saturated heterocycles. The molecule has 1 N–H and O–H groups in total. The van der Waals surface area contributed by atoms with E-state index in [1.165, 1.54) is 16.2 Å². The highest BCUT2D eigenvalue weighted by Gasteiger charge is 2.10. The number of hydrogen-bond acceptors (Lipinski definition) is 7. The molecule has 0 bridgehead atoms. The molecule has 4 rings (SSSR count). The van der Waals surface area contributed by atoms with Crippen molar-refractivity contribution in [1.29, 1.82) is 0 Å². The van der Waals surface area contributed by atoms with Crippen molar-refractivity contribution in [1.82, 2.24) is 14.6 Å². The number of nitrogens with zero attached hydrogens (tertiary/aromatic N) is 3. The first kappa shape index (κ1) is 12.5. The van der Waals surface area contributed by atoms with Crippen LogP contribution in [0.2, 0.25) is 0 Å². The molecule has 21 heavy (non-hydrogen) atoms. The van der Waals surface area contributed by atoms with Crippen molar-refractivity contribution in [2.75, 3.05) is 5.32 Å². The van der Waals surface area contributed by atoms with Crippen molar-refractivity contribution in [2.45, 2.75) is 6.54 Å². The molecule has 0 atom stereocenters. The maximum Gasteiger partial charge on any atom is 0.163 e. The fourth-order valence-electron chi connectivity index (χ4n) is 1.98. The van der Waals surface area contributed by atoms with Gasteiger partial charge in [-0.25, -0.2) is 4.98 Å². The summed E-state index contributed by atoms with van der Waals surface area (Å²) in [6.45, 7) is 0.606. The Bertz CT molecular complexity index is 833. The summed E-state index contributed by atoms with van der Waals surface area (Å²) in [5.74, 6) is 1.66. The van der Waals surface area contributed by atoms with Gasteiger partial charge in [0.2, 0.25) is 0 Å². The molecule has 5 nitrogen and oxygen atoms in total. The summed E-state index contributed by atoms with van der Waals surface area (Å²) in [5.41, 5.74) is 1.00. The zero-order chi connectivity index (χ0) is 14.1. The summed E-state index contributed by atoms with van der Waals surface area (Å²) in [5, 5.41) is 8.82. The van der Waals surface area contributed by atoms with Gasteiger partial charge in [-0.1, -0.05) is 16.6 Å². The Balaban J connectivity index is 1.56. The standard InChI is InChI=1S/C14H10N4OS2/c1-2-4-12-10(3-1)17-14(20-12)11-6-5-9(19-11)7-15-13-8-16-18-21-13/h1-6,8,15H,7H2. The summed E-state index contributed by atoms with van der Waals surface area (Å²) in [6.07, 6.45) is 1.70. The minimum absolute atomic E-state index is 0.606. The van der Waals surface area contributed by atoms with E-state index >= 15 is 0 Å². The molecule has 4 aromatic rings. The number of para-hydroxylation sites is 1. The van der Waals surface area contributed by atoms with Gasteiger partial charge in [-0.15, -0.1) is 16.4 Å². The molecule has 1 aromatic carbocycles. The second-order valence-corrected chi connectivity index (χ2v) is 6.20. The van der Waals surface area contributed by atoms with E-state index in [4.69, 9.17) is 4.42 Å². The van der Waals surface area contributed by atoms with Gasteiger partial charge in [0.1, 0.15) is 10.8 Å². The predicted molar refractivity (Wildman–Crippen MR) is 84.6 cm³/mol. The van der Waals surface area contributed by atoms with E-state index in [0.29, 0.717) is 6.54 Å². The lowest BCUT2D eigenvalue weighted by atomic mass is 10.3. The largest absolute Gasteiger partial charge is 0.457 e. The van der Waals surface area contributed by atoms with Gasteiger partial charge in [0.05, 0.1) is 23.0 Å². The van der Waals surface area contributed by atoms with Crippen LogP contribution in [0.3, 0.4) is 0 Å². The minimum Gasteiger partial charge on any atom is -0.457 e. The van der Waals surface area contributed by atoms with Gasteiger partial charge < -0.3 is 9.73 Å². The maximum atomic E-state index is 5.85. The van der Waals surface area contributed by atoms with Crippen molar-refractivity contribution in [3.05, 3.63) is 48.4 Å². The van der Waals surface area contributed by atoms with Gasteiger partial charge in [-0.3, -0.25) is 0 Å². The monoisotopic (exact) mass is 314 g/mol. The summed E-state index contributed by atoms with van der Waals surface area (Å²) < 4.78 is 10.8. The van der Waals surface area contributed by atoms with E-state index < -0.39 is 0 Å². The molecule has 0 saturated carbocycles. The van der Waals surface area contributed by atoms with Crippen LogP contribution in [0.4, 0.5) is 5.00 Å². The quantitative estimate of drug-likeness (QED) is 0.616. The molecule has 0 aliphatic carbocycles. The van der Waals surface area contributed by atoms with Crippen molar-refractivity contribution < 1.29 is 4.42 Å². The topological polar surface area (TPSA) is 63.8 Å². The van der Waals surface area contributed by atoms with Crippen molar-refractivity contribution in [3.8, 4) is 10.8 Å². The molecule has 0 aliphatic heterocycles. The van der Waals surface area contributed by atoms with Crippen LogP contribution in [0.15, 0.2) is 47.0 Å². The first-order valence-electron chi connectivity index (χ1n) is 6.34. The summed E-state index contributed by atoms with van der Waals surface area (Å²) in [4.78, 5) is 4.59.